The Morgan fingerprint density at radius 2 is 2.08 bits per heavy atom. The van der Waals surface area contributed by atoms with Crippen molar-refractivity contribution in [3.63, 3.8) is 0 Å². The fraction of sp³-hybridized carbons (Fsp3) is 0.556. The Hall–Kier alpha value is -1.76. The van der Waals surface area contributed by atoms with E-state index < -0.39 is 0 Å². The molecule has 2 atom stereocenters. The van der Waals surface area contributed by atoms with Crippen LogP contribution in [0, 0.1) is 6.92 Å². The molecule has 128 valence electrons. The lowest BCUT2D eigenvalue weighted by atomic mass is 10.1. The molecule has 2 fully saturated rings. The summed E-state index contributed by atoms with van der Waals surface area (Å²) in [5.41, 5.74) is 2.13. The molecule has 6 heteroatoms. The Morgan fingerprint density at radius 3 is 2.88 bits per heavy atom. The second-order valence-electron chi connectivity index (χ2n) is 6.77. The van der Waals surface area contributed by atoms with E-state index in [0.717, 1.165) is 31.6 Å². The molecule has 0 radical (unpaired) electrons. The van der Waals surface area contributed by atoms with E-state index in [1.807, 2.05) is 31.2 Å². The zero-order valence-corrected chi connectivity index (χ0v) is 13.9. The van der Waals surface area contributed by atoms with Crippen LogP contribution in [0.5, 0.6) is 0 Å². The molecule has 2 aliphatic rings. The number of rotatable bonds is 3. The summed E-state index contributed by atoms with van der Waals surface area (Å²) in [6.45, 7) is 4.27. The minimum atomic E-state index is -0.341. The standard InChI is InChI=1S/C18H23N3O3/c1-12-3-2-4-13(9-12)17-19-18(24-20-17)16-10-15(22)11-21(16)14-5-7-23-8-6-14/h2-4,9,14-16,22H,5-8,10-11H2,1H3. The third-order valence-corrected chi connectivity index (χ3v) is 4.98. The minimum Gasteiger partial charge on any atom is -0.392 e. The predicted octanol–water partition coefficient (Wildman–Crippen LogP) is 2.33. The first-order valence-electron chi connectivity index (χ1n) is 8.63. The fourth-order valence-corrected chi connectivity index (χ4v) is 3.77. The number of β-amino-alcohol motifs (C(OH)–C–C–N with tert-alkyl or cyclic N) is 1. The quantitative estimate of drug-likeness (QED) is 0.932. The van der Waals surface area contributed by atoms with Gasteiger partial charge < -0.3 is 14.4 Å². The van der Waals surface area contributed by atoms with Gasteiger partial charge in [-0.1, -0.05) is 28.9 Å². The van der Waals surface area contributed by atoms with Gasteiger partial charge in [-0.3, -0.25) is 4.90 Å². The maximum atomic E-state index is 10.2. The molecule has 0 bridgehead atoms. The second kappa shape index (κ2) is 6.63. The summed E-state index contributed by atoms with van der Waals surface area (Å²) >= 11 is 0. The highest BCUT2D eigenvalue weighted by atomic mass is 16.5. The number of aliphatic hydroxyl groups excluding tert-OH is 1. The number of ether oxygens (including phenoxy) is 1. The van der Waals surface area contributed by atoms with Crippen LogP contribution >= 0.6 is 0 Å². The first kappa shape index (κ1) is 15.7. The number of hydrogen-bond donors (Lipinski definition) is 1. The van der Waals surface area contributed by atoms with Crippen LogP contribution in [0.15, 0.2) is 28.8 Å². The Morgan fingerprint density at radius 1 is 1.25 bits per heavy atom. The Balaban J connectivity index is 1.58. The summed E-state index contributed by atoms with van der Waals surface area (Å²) in [7, 11) is 0. The normalized spacial score (nSPS) is 26.1. The number of aliphatic hydroxyl groups is 1. The molecule has 6 nitrogen and oxygen atoms in total. The molecule has 3 heterocycles. The molecule has 0 aliphatic carbocycles. The lowest BCUT2D eigenvalue weighted by Gasteiger charge is -2.33. The van der Waals surface area contributed by atoms with Crippen molar-refractivity contribution in [1.29, 1.82) is 0 Å². The van der Waals surface area contributed by atoms with Crippen molar-refractivity contribution in [3.05, 3.63) is 35.7 Å². The van der Waals surface area contributed by atoms with Gasteiger partial charge in [-0.05, 0) is 32.3 Å². The molecule has 2 unspecified atom stereocenters. The third-order valence-electron chi connectivity index (χ3n) is 4.98. The fourth-order valence-electron chi connectivity index (χ4n) is 3.77. The van der Waals surface area contributed by atoms with Crippen LogP contribution in [-0.4, -0.2) is 52.1 Å². The molecule has 1 aromatic heterocycles. The zero-order valence-electron chi connectivity index (χ0n) is 13.9. The van der Waals surface area contributed by atoms with Gasteiger partial charge >= 0.3 is 0 Å². The van der Waals surface area contributed by atoms with Crippen LogP contribution in [0.4, 0.5) is 0 Å². The maximum absolute atomic E-state index is 10.2. The lowest BCUT2D eigenvalue weighted by molar-refractivity contribution is 0.0215. The summed E-state index contributed by atoms with van der Waals surface area (Å²) < 4.78 is 11.0. The second-order valence-corrected chi connectivity index (χ2v) is 6.77. The summed E-state index contributed by atoms with van der Waals surface area (Å²) in [4.78, 5) is 6.94. The smallest absolute Gasteiger partial charge is 0.244 e. The Labute approximate surface area is 141 Å². The molecule has 4 rings (SSSR count). The van der Waals surface area contributed by atoms with E-state index in [2.05, 4.69) is 15.0 Å². The zero-order chi connectivity index (χ0) is 16.5. The van der Waals surface area contributed by atoms with Crippen molar-refractivity contribution in [1.82, 2.24) is 15.0 Å². The maximum Gasteiger partial charge on any atom is 0.244 e. The summed E-state index contributed by atoms with van der Waals surface area (Å²) in [5, 5.41) is 14.3. The topological polar surface area (TPSA) is 71.6 Å². The average molecular weight is 329 g/mol. The Kier molecular flexibility index (Phi) is 4.35. The van der Waals surface area contributed by atoms with E-state index >= 15 is 0 Å². The number of nitrogens with zero attached hydrogens (tertiary/aromatic N) is 3. The lowest BCUT2D eigenvalue weighted by Crippen LogP contribution is -2.39. The molecule has 0 spiro atoms. The number of benzene rings is 1. The molecule has 0 amide bonds. The molecule has 1 N–H and O–H groups in total. The van der Waals surface area contributed by atoms with Crippen molar-refractivity contribution in [2.24, 2.45) is 0 Å². The van der Waals surface area contributed by atoms with Crippen LogP contribution < -0.4 is 0 Å². The van der Waals surface area contributed by atoms with Crippen LogP contribution in [0.1, 0.15) is 36.8 Å². The number of aryl methyl sites for hydroxylation is 1. The van der Waals surface area contributed by atoms with Gasteiger partial charge in [0.25, 0.3) is 0 Å². The van der Waals surface area contributed by atoms with Crippen molar-refractivity contribution in [2.75, 3.05) is 19.8 Å². The van der Waals surface area contributed by atoms with E-state index in [4.69, 9.17) is 9.26 Å². The molecule has 2 aliphatic heterocycles. The van der Waals surface area contributed by atoms with Crippen LogP contribution in [0.25, 0.3) is 11.4 Å². The Bertz CT molecular complexity index is 696. The van der Waals surface area contributed by atoms with Crippen molar-refractivity contribution < 1.29 is 14.4 Å². The molecular formula is C18H23N3O3. The van der Waals surface area contributed by atoms with E-state index in [1.54, 1.807) is 0 Å². The molecular weight excluding hydrogens is 306 g/mol. The highest BCUT2D eigenvalue weighted by molar-refractivity contribution is 5.55. The van der Waals surface area contributed by atoms with Crippen LogP contribution in [-0.2, 0) is 4.74 Å². The SMILES string of the molecule is Cc1cccc(-c2noc(C3CC(O)CN3C3CCOCC3)n2)c1. The van der Waals surface area contributed by atoms with Gasteiger partial charge in [0, 0.05) is 31.4 Å². The van der Waals surface area contributed by atoms with E-state index in [0.29, 0.717) is 30.7 Å². The molecule has 24 heavy (non-hydrogen) atoms. The van der Waals surface area contributed by atoms with Gasteiger partial charge in [0.05, 0.1) is 12.1 Å². The summed E-state index contributed by atoms with van der Waals surface area (Å²) in [6, 6.07) is 8.49. The third kappa shape index (κ3) is 3.09. The molecule has 0 saturated carbocycles. The van der Waals surface area contributed by atoms with Gasteiger partial charge in [-0.25, -0.2) is 0 Å². The van der Waals surface area contributed by atoms with Crippen molar-refractivity contribution in [3.8, 4) is 11.4 Å². The van der Waals surface area contributed by atoms with E-state index in [9.17, 15) is 5.11 Å². The predicted molar refractivity (Wildman–Crippen MR) is 88.4 cm³/mol. The van der Waals surface area contributed by atoms with Gasteiger partial charge in [0.15, 0.2) is 0 Å². The number of hydrogen-bond acceptors (Lipinski definition) is 6. The molecule has 2 aromatic rings. The monoisotopic (exact) mass is 329 g/mol. The van der Waals surface area contributed by atoms with Crippen molar-refractivity contribution >= 4 is 0 Å². The first-order chi connectivity index (χ1) is 11.7. The first-order valence-corrected chi connectivity index (χ1v) is 8.63. The van der Waals surface area contributed by atoms with E-state index in [-0.39, 0.29) is 12.1 Å². The minimum absolute atomic E-state index is 0.00541. The molecule has 2 saturated heterocycles. The number of aromatic nitrogens is 2. The number of likely N-dealkylation sites (tertiary alicyclic amines) is 1. The van der Waals surface area contributed by atoms with Gasteiger partial charge in [-0.15, -0.1) is 0 Å². The van der Waals surface area contributed by atoms with E-state index in [1.165, 1.54) is 5.56 Å². The van der Waals surface area contributed by atoms with Crippen LogP contribution in [0.2, 0.25) is 0 Å². The van der Waals surface area contributed by atoms with Gasteiger partial charge in [0.1, 0.15) is 0 Å². The summed E-state index contributed by atoms with van der Waals surface area (Å²) in [6.07, 6.45) is 2.28. The highest BCUT2D eigenvalue weighted by Crippen LogP contribution is 2.36. The summed E-state index contributed by atoms with van der Waals surface area (Å²) in [5.74, 6) is 1.22. The average Bonchev–Trinajstić information content (AvgIpc) is 3.22. The largest absolute Gasteiger partial charge is 0.392 e. The van der Waals surface area contributed by atoms with Gasteiger partial charge in [-0.2, -0.15) is 4.98 Å². The van der Waals surface area contributed by atoms with Crippen molar-refractivity contribution in [2.45, 2.75) is 44.4 Å². The van der Waals surface area contributed by atoms with Crippen LogP contribution in [0.3, 0.4) is 0 Å². The van der Waals surface area contributed by atoms with Gasteiger partial charge in [0.2, 0.25) is 11.7 Å². The highest BCUT2D eigenvalue weighted by Gasteiger charge is 2.40. The molecule has 1 aromatic carbocycles.